The van der Waals surface area contributed by atoms with Gasteiger partial charge in [0.15, 0.2) is 6.10 Å². The Hall–Kier alpha value is -1.83. The van der Waals surface area contributed by atoms with Gasteiger partial charge in [0, 0.05) is 30.4 Å². The molecular weight excluding hydrogens is 555 g/mol. The highest BCUT2D eigenvalue weighted by atomic mass is 32.3. The van der Waals surface area contributed by atoms with Gasteiger partial charge in [-0.1, -0.05) is 44.9 Å². The standard InChI is InChI=1S/C35H48F3NO2S/c1-33(2,3)42(6,7)41-27-21-34(4,5)20-26-29(27)28(22-12-8-9-13-22)30(31(39-26)23-14-10-11-15-23)32(40)24-16-18-25(19-17-24)35(36,37)38/h12,16-19,23,27,32,40H,8-11,13-15,20-21H2,1-7H3/p+1. The van der Waals surface area contributed by atoms with Crippen LogP contribution in [0.2, 0.25) is 0 Å². The van der Waals surface area contributed by atoms with Gasteiger partial charge in [0.25, 0.3) is 0 Å². The third-order valence-corrected chi connectivity index (χ3v) is 13.7. The second-order valence-electron chi connectivity index (χ2n) is 14.8. The summed E-state index contributed by atoms with van der Waals surface area (Å²) in [7, 11) is -1.35. The number of pyridine rings is 1. The topological polar surface area (TPSA) is 45.9 Å². The molecule has 3 aliphatic carbocycles. The van der Waals surface area contributed by atoms with Crippen LogP contribution in [-0.4, -0.2) is 31.5 Å². The lowest BCUT2D eigenvalue weighted by Crippen LogP contribution is -2.35. The zero-order valence-corrected chi connectivity index (χ0v) is 27.2. The van der Waals surface area contributed by atoms with Crippen molar-refractivity contribution in [1.29, 1.82) is 0 Å². The van der Waals surface area contributed by atoms with Crippen molar-refractivity contribution in [2.75, 3.05) is 12.5 Å². The molecule has 232 valence electrons. The first-order chi connectivity index (χ1) is 19.5. The van der Waals surface area contributed by atoms with Crippen molar-refractivity contribution in [2.45, 2.75) is 121 Å². The number of hydrogen-bond donors (Lipinski definition) is 1. The van der Waals surface area contributed by atoms with Crippen molar-refractivity contribution in [3.05, 3.63) is 69.5 Å². The Morgan fingerprint density at radius 3 is 2.21 bits per heavy atom. The van der Waals surface area contributed by atoms with Crippen LogP contribution in [0.15, 0.2) is 30.3 Å². The Labute approximate surface area is 251 Å². The maximum absolute atomic E-state index is 13.4. The number of aromatic nitrogens is 1. The summed E-state index contributed by atoms with van der Waals surface area (Å²) in [6.45, 7) is 11.4. The lowest BCUT2D eigenvalue weighted by molar-refractivity contribution is -0.137. The number of benzene rings is 1. The molecule has 1 aromatic carbocycles. The summed E-state index contributed by atoms with van der Waals surface area (Å²) in [4.78, 5) is 5.45. The molecule has 1 fully saturated rings. The van der Waals surface area contributed by atoms with Gasteiger partial charge in [-0.15, -0.1) is 0 Å². The molecule has 2 N–H and O–H groups in total. The van der Waals surface area contributed by atoms with Crippen molar-refractivity contribution < 1.29 is 22.5 Å². The van der Waals surface area contributed by atoms with Crippen molar-refractivity contribution in [1.82, 2.24) is 4.98 Å². The zero-order valence-electron chi connectivity index (χ0n) is 26.4. The van der Waals surface area contributed by atoms with Gasteiger partial charge in [-0.05, 0) is 104 Å². The summed E-state index contributed by atoms with van der Waals surface area (Å²) in [5, 5.41) is 12.1. The van der Waals surface area contributed by atoms with Crippen LogP contribution >= 0.6 is 10.3 Å². The van der Waals surface area contributed by atoms with Gasteiger partial charge in [0.05, 0.1) is 27.3 Å². The maximum Gasteiger partial charge on any atom is 0.416 e. The van der Waals surface area contributed by atoms with Gasteiger partial charge in [-0.25, -0.2) is 0 Å². The fraction of sp³-hybridized carbons (Fsp3) is 0.629. The molecule has 5 rings (SSSR count). The summed E-state index contributed by atoms with van der Waals surface area (Å²) < 4.78 is 45.9. The molecule has 2 unspecified atom stereocenters. The predicted molar refractivity (Wildman–Crippen MR) is 169 cm³/mol. The van der Waals surface area contributed by atoms with E-state index in [2.05, 4.69) is 53.2 Å². The van der Waals surface area contributed by atoms with Crippen molar-refractivity contribution in [2.24, 2.45) is 5.41 Å². The molecule has 0 amide bonds. The van der Waals surface area contributed by atoms with E-state index >= 15 is 0 Å². The fourth-order valence-corrected chi connectivity index (χ4v) is 8.08. The van der Waals surface area contributed by atoms with E-state index in [0.29, 0.717) is 5.56 Å². The van der Waals surface area contributed by atoms with Gasteiger partial charge in [-0.2, -0.15) is 13.2 Å². The Morgan fingerprint density at radius 2 is 1.67 bits per heavy atom. The number of allylic oxidation sites excluding steroid dienone is 2. The number of alkyl halides is 3. The minimum atomic E-state index is -4.42. The monoisotopic (exact) mass is 604 g/mol. The highest BCUT2D eigenvalue weighted by Gasteiger charge is 2.46. The summed E-state index contributed by atoms with van der Waals surface area (Å²) in [5.74, 6) is 0.243. The van der Waals surface area contributed by atoms with E-state index in [1.165, 1.54) is 17.7 Å². The molecule has 7 heteroatoms. The van der Waals surface area contributed by atoms with Crippen LogP contribution in [-0.2, 0) is 12.6 Å². The molecule has 0 spiro atoms. The highest BCUT2D eigenvalue weighted by Crippen LogP contribution is 2.58. The average molecular weight is 605 g/mol. The minimum Gasteiger partial charge on any atom is -0.384 e. The molecule has 2 atom stereocenters. The second kappa shape index (κ2) is 11.3. The first-order valence-electron chi connectivity index (χ1n) is 15.5. The third kappa shape index (κ3) is 6.21. The maximum atomic E-state index is 13.4. The summed E-state index contributed by atoms with van der Waals surface area (Å²) in [5.41, 5.74) is 6.20. The average Bonchev–Trinajstić information content (AvgIpc) is 3.60. The van der Waals surface area contributed by atoms with Crippen LogP contribution in [0.3, 0.4) is 0 Å². The molecule has 1 saturated carbocycles. The van der Waals surface area contributed by atoms with E-state index in [-0.39, 0.29) is 22.2 Å². The summed E-state index contributed by atoms with van der Waals surface area (Å²) >= 11 is 0. The van der Waals surface area contributed by atoms with Crippen LogP contribution in [0.1, 0.15) is 143 Å². The van der Waals surface area contributed by atoms with E-state index in [0.717, 1.165) is 98.0 Å². The molecule has 0 bridgehead atoms. The van der Waals surface area contributed by atoms with Gasteiger partial charge in [0.2, 0.25) is 0 Å². The second-order valence-corrected chi connectivity index (χ2v) is 18.8. The van der Waals surface area contributed by atoms with E-state index < -0.39 is 28.2 Å². The van der Waals surface area contributed by atoms with Gasteiger partial charge in [0.1, 0.15) is 6.10 Å². The number of fused-ring (bicyclic) bond motifs is 1. The zero-order chi connectivity index (χ0) is 30.7. The van der Waals surface area contributed by atoms with Crippen LogP contribution in [0.4, 0.5) is 13.2 Å². The smallest absolute Gasteiger partial charge is 0.384 e. The Balaban J connectivity index is 1.76. The number of rotatable bonds is 6. The molecule has 42 heavy (non-hydrogen) atoms. The van der Waals surface area contributed by atoms with Crippen LogP contribution in [0.5, 0.6) is 0 Å². The Morgan fingerprint density at radius 1 is 1.02 bits per heavy atom. The molecular formula is C35H49F3NO2S+. The Bertz CT molecular complexity index is 1330. The molecule has 2 aromatic rings. The highest BCUT2D eigenvalue weighted by molar-refractivity contribution is 8.29. The number of aliphatic hydroxyl groups excluding tert-OH is 1. The third-order valence-electron chi connectivity index (χ3n) is 9.93. The van der Waals surface area contributed by atoms with E-state index in [1.807, 2.05) is 0 Å². The number of halogens is 3. The fourth-order valence-electron chi connectivity index (χ4n) is 6.95. The van der Waals surface area contributed by atoms with Crippen molar-refractivity contribution >= 4 is 15.9 Å². The molecule has 3 aliphatic rings. The van der Waals surface area contributed by atoms with Crippen LogP contribution in [0, 0.1) is 5.41 Å². The largest absolute Gasteiger partial charge is 0.416 e. The van der Waals surface area contributed by atoms with E-state index in [9.17, 15) is 18.3 Å². The normalized spacial score (nSPS) is 22.6. The van der Waals surface area contributed by atoms with Gasteiger partial charge in [-0.3, -0.25) is 4.98 Å². The quantitative estimate of drug-likeness (QED) is 0.334. The van der Waals surface area contributed by atoms with Gasteiger partial charge >= 0.3 is 6.18 Å². The molecule has 0 radical (unpaired) electrons. The first kappa shape index (κ1) is 31.6. The predicted octanol–water partition coefficient (Wildman–Crippen LogP) is 9.73. The lowest BCUT2D eigenvalue weighted by Gasteiger charge is -2.45. The number of aliphatic hydroxyl groups is 2. The molecule has 3 nitrogen and oxygen atoms in total. The van der Waals surface area contributed by atoms with Crippen molar-refractivity contribution in [3.8, 4) is 0 Å². The molecule has 1 heterocycles. The SMILES string of the molecule is CC1(C)Cc2nc(C3CCCC3)c(C(O)c3ccc(C(F)(F)F)cc3)c(C3=CCCC3)c2C([OH+]S(C)(C)C(C)(C)C)C1. The summed E-state index contributed by atoms with van der Waals surface area (Å²) in [6, 6.07) is 5.06. The van der Waals surface area contributed by atoms with Crippen molar-refractivity contribution in [3.63, 3.8) is 0 Å². The summed E-state index contributed by atoms with van der Waals surface area (Å²) in [6.07, 6.45) is 10.4. The molecule has 0 aliphatic heterocycles. The lowest BCUT2D eigenvalue weighted by atomic mass is 9.71. The number of hydrogen-bond acceptors (Lipinski definition) is 2. The Kier molecular flexibility index (Phi) is 8.47. The van der Waals surface area contributed by atoms with Gasteiger partial charge < -0.3 is 9.29 Å². The molecule has 1 aromatic heterocycles. The van der Waals surface area contributed by atoms with E-state index in [1.54, 1.807) is 0 Å². The molecule has 0 saturated heterocycles. The minimum absolute atomic E-state index is 0.0291. The van der Waals surface area contributed by atoms with Crippen LogP contribution in [0.25, 0.3) is 5.57 Å². The number of nitrogens with zero attached hydrogens (tertiary/aromatic N) is 1. The van der Waals surface area contributed by atoms with E-state index in [4.69, 9.17) is 9.17 Å². The van der Waals surface area contributed by atoms with Crippen LogP contribution < -0.4 is 0 Å². The first-order valence-corrected chi connectivity index (χ1v) is 18.0.